The van der Waals surface area contributed by atoms with Crippen molar-refractivity contribution in [2.75, 3.05) is 18.1 Å². The van der Waals surface area contributed by atoms with Crippen molar-refractivity contribution in [3.05, 3.63) is 29.8 Å². The zero-order chi connectivity index (χ0) is 11.5. The molecule has 1 heterocycles. The molecule has 1 fully saturated rings. The minimum absolute atomic E-state index is 0.380. The molecule has 0 aromatic heterocycles. The first kappa shape index (κ1) is 11.1. The summed E-state index contributed by atoms with van der Waals surface area (Å²) in [6, 6.07) is 8.48. The van der Waals surface area contributed by atoms with Gasteiger partial charge in [0.2, 0.25) is 0 Å². The smallest absolute Gasteiger partial charge is 0.150 e. The van der Waals surface area contributed by atoms with Crippen LogP contribution < -0.4 is 4.90 Å². The fourth-order valence-corrected chi connectivity index (χ4v) is 2.24. The molecule has 3 nitrogen and oxygen atoms in total. The summed E-state index contributed by atoms with van der Waals surface area (Å²) in [5.74, 6) is 0. The van der Waals surface area contributed by atoms with Gasteiger partial charge in [0, 0.05) is 23.3 Å². The van der Waals surface area contributed by atoms with Crippen molar-refractivity contribution < 1.29 is 9.53 Å². The molecule has 0 bridgehead atoms. The maximum Gasteiger partial charge on any atom is 0.150 e. The van der Waals surface area contributed by atoms with E-state index in [1.165, 1.54) is 0 Å². The van der Waals surface area contributed by atoms with Gasteiger partial charge in [0.25, 0.3) is 0 Å². The molecular weight excluding hydrogens is 202 g/mol. The molecule has 2 unspecified atom stereocenters. The van der Waals surface area contributed by atoms with Gasteiger partial charge in [0.15, 0.2) is 0 Å². The molecule has 2 atom stereocenters. The predicted octanol–water partition coefficient (Wildman–Crippen LogP) is 2.11. The monoisotopic (exact) mass is 219 g/mol. The summed E-state index contributed by atoms with van der Waals surface area (Å²) < 4.78 is 5.49. The Bertz CT molecular complexity index is 351. The number of ether oxygens (including phenoxy) is 1. The minimum atomic E-state index is 0.380. The number of anilines is 1. The quantitative estimate of drug-likeness (QED) is 0.713. The fraction of sp³-hybridized carbons (Fsp3) is 0.462. The van der Waals surface area contributed by atoms with Crippen LogP contribution in [0.15, 0.2) is 24.3 Å². The molecule has 1 saturated heterocycles. The lowest BCUT2D eigenvalue weighted by Crippen LogP contribution is -2.49. The molecule has 1 aromatic rings. The van der Waals surface area contributed by atoms with Crippen LogP contribution in [0, 0.1) is 0 Å². The zero-order valence-electron chi connectivity index (χ0n) is 9.72. The van der Waals surface area contributed by atoms with Crippen LogP contribution in [0.25, 0.3) is 0 Å². The number of aldehydes is 1. The van der Waals surface area contributed by atoms with Crippen LogP contribution in [-0.2, 0) is 4.74 Å². The lowest BCUT2D eigenvalue weighted by atomic mass is 10.1. The van der Waals surface area contributed by atoms with Crippen molar-refractivity contribution >= 4 is 12.0 Å². The van der Waals surface area contributed by atoms with E-state index in [4.69, 9.17) is 4.74 Å². The highest BCUT2D eigenvalue weighted by molar-refractivity contribution is 5.75. The van der Waals surface area contributed by atoms with Gasteiger partial charge in [-0.3, -0.25) is 4.79 Å². The van der Waals surface area contributed by atoms with E-state index >= 15 is 0 Å². The number of rotatable bonds is 2. The molecule has 0 aliphatic carbocycles. The van der Waals surface area contributed by atoms with E-state index in [2.05, 4.69) is 18.7 Å². The van der Waals surface area contributed by atoms with Crippen LogP contribution in [0.1, 0.15) is 24.2 Å². The van der Waals surface area contributed by atoms with Crippen molar-refractivity contribution in [1.82, 2.24) is 0 Å². The number of hydrogen-bond acceptors (Lipinski definition) is 3. The maximum atomic E-state index is 10.6. The van der Waals surface area contributed by atoms with Gasteiger partial charge in [-0.05, 0) is 38.1 Å². The van der Waals surface area contributed by atoms with Gasteiger partial charge in [-0.2, -0.15) is 0 Å². The van der Waals surface area contributed by atoms with E-state index in [0.717, 1.165) is 30.8 Å². The summed E-state index contributed by atoms with van der Waals surface area (Å²) in [6.45, 7) is 5.84. The van der Waals surface area contributed by atoms with Gasteiger partial charge in [-0.15, -0.1) is 0 Å². The van der Waals surface area contributed by atoms with Crippen molar-refractivity contribution in [2.45, 2.75) is 25.9 Å². The highest BCUT2D eigenvalue weighted by Gasteiger charge is 2.25. The Hall–Kier alpha value is -1.35. The normalized spacial score (nSPS) is 25.5. The van der Waals surface area contributed by atoms with Crippen molar-refractivity contribution in [2.24, 2.45) is 0 Å². The van der Waals surface area contributed by atoms with Crippen LogP contribution in [-0.4, -0.2) is 31.6 Å². The van der Waals surface area contributed by atoms with Gasteiger partial charge >= 0.3 is 0 Å². The van der Waals surface area contributed by atoms with Crippen LogP contribution in [0.4, 0.5) is 5.69 Å². The van der Waals surface area contributed by atoms with Crippen LogP contribution >= 0.6 is 0 Å². The Balaban J connectivity index is 2.23. The predicted molar refractivity (Wildman–Crippen MR) is 64.1 cm³/mol. The first-order valence-corrected chi connectivity index (χ1v) is 5.63. The molecule has 0 N–H and O–H groups in total. The van der Waals surface area contributed by atoms with E-state index in [9.17, 15) is 4.79 Å². The first-order chi connectivity index (χ1) is 7.72. The van der Waals surface area contributed by atoms with Gasteiger partial charge in [-0.1, -0.05) is 0 Å². The summed E-state index contributed by atoms with van der Waals surface area (Å²) in [7, 11) is 0. The molecule has 16 heavy (non-hydrogen) atoms. The van der Waals surface area contributed by atoms with E-state index in [1.54, 1.807) is 0 Å². The van der Waals surface area contributed by atoms with Gasteiger partial charge in [0.05, 0.1) is 13.2 Å². The highest BCUT2D eigenvalue weighted by atomic mass is 16.5. The summed E-state index contributed by atoms with van der Waals surface area (Å²) in [6.07, 6.45) is 0.871. The number of hydrogen-bond donors (Lipinski definition) is 0. The number of benzene rings is 1. The average molecular weight is 219 g/mol. The van der Waals surface area contributed by atoms with E-state index in [-0.39, 0.29) is 0 Å². The summed E-state index contributed by atoms with van der Waals surface area (Å²) >= 11 is 0. The molecule has 1 aliphatic rings. The van der Waals surface area contributed by atoms with Crippen LogP contribution in [0.3, 0.4) is 0 Å². The van der Waals surface area contributed by atoms with Gasteiger partial charge in [0.1, 0.15) is 6.29 Å². The van der Waals surface area contributed by atoms with Gasteiger partial charge in [-0.25, -0.2) is 0 Å². The molecule has 1 aromatic carbocycles. The maximum absolute atomic E-state index is 10.6. The third kappa shape index (κ3) is 2.09. The molecule has 1 aliphatic heterocycles. The Morgan fingerprint density at radius 1 is 1.19 bits per heavy atom. The second-order valence-corrected chi connectivity index (χ2v) is 4.35. The summed E-state index contributed by atoms with van der Waals surface area (Å²) in [4.78, 5) is 12.9. The Labute approximate surface area is 96.0 Å². The summed E-state index contributed by atoms with van der Waals surface area (Å²) in [5, 5.41) is 0. The Morgan fingerprint density at radius 2 is 1.75 bits per heavy atom. The van der Waals surface area contributed by atoms with Crippen LogP contribution in [0.2, 0.25) is 0 Å². The van der Waals surface area contributed by atoms with E-state index in [1.807, 2.05) is 24.3 Å². The van der Waals surface area contributed by atoms with Crippen molar-refractivity contribution in [3.8, 4) is 0 Å². The second kappa shape index (κ2) is 4.66. The lowest BCUT2D eigenvalue weighted by molar-refractivity contribution is 0.0757. The topological polar surface area (TPSA) is 29.5 Å². The molecular formula is C13H17NO2. The molecule has 0 spiro atoms. The van der Waals surface area contributed by atoms with E-state index < -0.39 is 0 Å². The second-order valence-electron chi connectivity index (χ2n) is 4.35. The number of carbonyl (C=O) groups excluding carboxylic acids is 1. The molecule has 2 rings (SSSR count). The van der Waals surface area contributed by atoms with Gasteiger partial charge < -0.3 is 9.64 Å². The molecule has 0 saturated carbocycles. The standard InChI is InChI=1S/C13H17NO2/c1-10-8-16-9-11(2)14(10)13-5-3-12(7-15)4-6-13/h3-7,10-11H,8-9H2,1-2H3. The van der Waals surface area contributed by atoms with Crippen molar-refractivity contribution in [3.63, 3.8) is 0 Å². The number of morpholine rings is 1. The minimum Gasteiger partial charge on any atom is -0.377 e. The average Bonchev–Trinajstić information content (AvgIpc) is 2.30. The molecule has 0 amide bonds. The Kier molecular flexibility index (Phi) is 3.25. The van der Waals surface area contributed by atoms with E-state index in [0.29, 0.717) is 12.1 Å². The third-order valence-electron chi connectivity index (χ3n) is 3.00. The number of carbonyl (C=O) groups is 1. The number of nitrogens with zero attached hydrogens (tertiary/aromatic N) is 1. The molecule has 0 radical (unpaired) electrons. The third-order valence-corrected chi connectivity index (χ3v) is 3.00. The molecule has 3 heteroatoms. The zero-order valence-corrected chi connectivity index (χ0v) is 9.72. The fourth-order valence-electron chi connectivity index (χ4n) is 2.24. The lowest BCUT2D eigenvalue weighted by Gasteiger charge is -2.40. The van der Waals surface area contributed by atoms with Crippen LogP contribution in [0.5, 0.6) is 0 Å². The first-order valence-electron chi connectivity index (χ1n) is 5.63. The molecule has 86 valence electrons. The largest absolute Gasteiger partial charge is 0.377 e. The Morgan fingerprint density at radius 3 is 2.25 bits per heavy atom. The SMILES string of the molecule is CC1COCC(C)N1c1ccc(C=O)cc1. The van der Waals surface area contributed by atoms with Crippen molar-refractivity contribution in [1.29, 1.82) is 0 Å². The highest BCUT2D eigenvalue weighted by Crippen LogP contribution is 2.23. The summed E-state index contributed by atoms with van der Waals surface area (Å²) in [5.41, 5.74) is 1.88.